The molecular weight excluding hydrogens is 150 g/mol. The number of pyridine rings is 1. The maximum absolute atomic E-state index is 5.07. The first-order chi connectivity index (χ1) is 5.74. The summed E-state index contributed by atoms with van der Waals surface area (Å²) >= 11 is 0. The van der Waals surface area contributed by atoms with Crippen LogP contribution in [-0.2, 0) is 5.41 Å². The number of hydrogen-bond donors (Lipinski definition) is 0. The molecule has 1 aliphatic rings. The van der Waals surface area contributed by atoms with Gasteiger partial charge in [-0.05, 0) is 29.9 Å². The summed E-state index contributed by atoms with van der Waals surface area (Å²) in [5.74, 6) is 0.723. The molecule has 12 heavy (non-hydrogen) atoms. The minimum atomic E-state index is 0.413. The monoisotopic (exact) mass is 163 g/mol. The predicted molar refractivity (Wildman–Crippen MR) is 47.4 cm³/mol. The zero-order valence-corrected chi connectivity index (χ0v) is 7.50. The van der Waals surface area contributed by atoms with Crippen molar-refractivity contribution in [1.29, 1.82) is 0 Å². The summed E-state index contributed by atoms with van der Waals surface area (Å²) < 4.78 is 5.07. The Kier molecular flexibility index (Phi) is 1.56. The molecule has 64 valence electrons. The van der Waals surface area contributed by atoms with Crippen molar-refractivity contribution in [2.75, 3.05) is 7.11 Å². The highest BCUT2D eigenvalue weighted by atomic mass is 16.5. The number of rotatable bonds is 2. The minimum Gasteiger partial charge on any atom is -0.481 e. The quantitative estimate of drug-likeness (QED) is 0.666. The summed E-state index contributed by atoms with van der Waals surface area (Å²) in [6, 6.07) is 4.11. The van der Waals surface area contributed by atoms with Crippen LogP contribution in [0.3, 0.4) is 0 Å². The van der Waals surface area contributed by atoms with E-state index < -0.39 is 0 Å². The van der Waals surface area contributed by atoms with Crippen molar-refractivity contribution in [1.82, 2.24) is 4.98 Å². The molecular formula is C10H13NO. The Morgan fingerprint density at radius 1 is 1.50 bits per heavy atom. The molecule has 1 fully saturated rings. The van der Waals surface area contributed by atoms with E-state index in [2.05, 4.69) is 18.0 Å². The lowest BCUT2D eigenvalue weighted by Crippen LogP contribution is -2.00. The molecule has 1 saturated carbocycles. The summed E-state index contributed by atoms with van der Waals surface area (Å²) in [6.45, 7) is 2.28. The van der Waals surface area contributed by atoms with Crippen molar-refractivity contribution in [2.24, 2.45) is 0 Å². The first kappa shape index (κ1) is 7.59. The van der Waals surface area contributed by atoms with Crippen LogP contribution in [0.15, 0.2) is 18.3 Å². The van der Waals surface area contributed by atoms with E-state index in [-0.39, 0.29) is 0 Å². The minimum absolute atomic E-state index is 0.413. The summed E-state index contributed by atoms with van der Waals surface area (Å²) in [5.41, 5.74) is 1.77. The Bertz CT molecular complexity index is 292. The number of hydrogen-bond acceptors (Lipinski definition) is 2. The number of ether oxygens (including phenoxy) is 1. The lowest BCUT2D eigenvalue weighted by atomic mass is 10.00. The van der Waals surface area contributed by atoms with Gasteiger partial charge in [0.1, 0.15) is 0 Å². The first-order valence-electron chi connectivity index (χ1n) is 4.25. The van der Waals surface area contributed by atoms with Gasteiger partial charge in [-0.3, -0.25) is 0 Å². The highest BCUT2D eigenvalue weighted by Crippen LogP contribution is 2.47. The number of aromatic nitrogens is 1. The normalized spacial score (nSPS) is 18.8. The second kappa shape index (κ2) is 2.47. The van der Waals surface area contributed by atoms with Crippen molar-refractivity contribution >= 4 is 0 Å². The van der Waals surface area contributed by atoms with E-state index in [9.17, 15) is 0 Å². The highest BCUT2D eigenvalue weighted by Gasteiger charge is 2.39. The molecule has 0 bridgehead atoms. The average Bonchev–Trinajstić information content (AvgIpc) is 2.85. The Morgan fingerprint density at radius 2 is 2.25 bits per heavy atom. The highest BCUT2D eigenvalue weighted by molar-refractivity contribution is 5.32. The van der Waals surface area contributed by atoms with Gasteiger partial charge in [0.25, 0.3) is 0 Å². The number of methoxy groups -OCH3 is 1. The molecule has 1 aromatic heterocycles. The van der Waals surface area contributed by atoms with Crippen molar-refractivity contribution in [3.8, 4) is 5.88 Å². The van der Waals surface area contributed by atoms with E-state index >= 15 is 0 Å². The van der Waals surface area contributed by atoms with E-state index in [0.29, 0.717) is 5.41 Å². The summed E-state index contributed by atoms with van der Waals surface area (Å²) in [7, 11) is 1.65. The Hall–Kier alpha value is -1.05. The van der Waals surface area contributed by atoms with Gasteiger partial charge in [-0.25, -0.2) is 4.98 Å². The molecule has 0 N–H and O–H groups in total. The van der Waals surface area contributed by atoms with Crippen LogP contribution in [0.5, 0.6) is 5.88 Å². The fourth-order valence-electron chi connectivity index (χ4n) is 1.37. The van der Waals surface area contributed by atoms with Gasteiger partial charge in [0, 0.05) is 12.3 Å². The SMILES string of the molecule is COc1cc(C2(C)CC2)ccn1. The Morgan fingerprint density at radius 3 is 2.83 bits per heavy atom. The molecule has 1 aromatic rings. The summed E-state index contributed by atoms with van der Waals surface area (Å²) in [5, 5.41) is 0. The zero-order valence-electron chi connectivity index (χ0n) is 7.50. The van der Waals surface area contributed by atoms with E-state index in [1.165, 1.54) is 18.4 Å². The first-order valence-corrected chi connectivity index (χ1v) is 4.25. The van der Waals surface area contributed by atoms with Crippen LogP contribution >= 0.6 is 0 Å². The third-order valence-corrected chi connectivity index (χ3v) is 2.64. The maximum atomic E-state index is 5.07. The molecule has 0 spiro atoms. The van der Waals surface area contributed by atoms with Gasteiger partial charge in [-0.2, -0.15) is 0 Å². The molecule has 1 aliphatic carbocycles. The molecule has 0 saturated heterocycles. The maximum Gasteiger partial charge on any atom is 0.213 e. The van der Waals surface area contributed by atoms with Gasteiger partial charge < -0.3 is 4.74 Å². The van der Waals surface area contributed by atoms with Crippen LogP contribution in [0.4, 0.5) is 0 Å². The Balaban J connectivity index is 2.32. The molecule has 0 aromatic carbocycles. The van der Waals surface area contributed by atoms with Crippen molar-refractivity contribution in [3.05, 3.63) is 23.9 Å². The van der Waals surface area contributed by atoms with Crippen molar-refractivity contribution < 1.29 is 4.74 Å². The van der Waals surface area contributed by atoms with E-state index in [0.717, 1.165) is 5.88 Å². The van der Waals surface area contributed by atoms with Gasteiger partial charge in [0.15, 0.2) is 0 Å². The molecule has 2 heteroatoms. The van der Waals surface area contributed by atoms with Gasteiger partial charge in [-0.1, -0.05) is 6.92 Å². The van der Waals surface area contributed by atoms with Gasteiger partial charge in [0.05, 0.1) is 7.11 Å². The van der Waals surface area contributed by atoms with E-state index in [1.807, 2.05) is 12.3 Å². The number of nitrogens with zero attached hydrogens (tertiary/aromatic N) is 1. The zero-order chi connectivity index (χ0) is 8.60. The smallest absolute Gasteiger partial charge is 0.213 e. The average molecular weight is 163 g/mol. The second-order valence-electron chi connectivity index (χ2n) is 3.65. The fourth-order valence-corrected chi connectivity index (χ4v) is 1.37. The Labute approximate surface area is 72.6 Å². The van der Waals surface area contributed by atoms with Gasteiger partial charge in [0.2, 0.25) is 5.88 Å². The van der Waals surface area contributed by atoms with Gasteiger partial charge in [-0.15, -0.1) is 0 Å². The molecule has 0 unspecified atom stereocenters. The molecule has 0 atom stereocenters. The van der Waals surface area contributed by atoms with Crippen LogP contribution in [-0.4, -0.2) is 12.1 Å². The van der Waals surface area contributed by atoms with Crippen LogP contribution < -0.4 is 4.74 Å². The fraction of sp³-hybridized carbons (Fsp3) is 0.500. The van der Waals surface area contributed by atoms with Crippen molar-refractivity contribution in [3.63, 3.8) is 0 Å². The molecule has 0 amide bonds. The van der Waals surface area contributed by atoms with Crippen molar-refractivity contribution in [2.45, 2.75) is 25.2 Å². The van der Waals surface area contributed by atoms with Gasteiger partial charge >= 0.3 is 0 Å². The lowest BCUT2D eigenvalue weighted by molar-refractivity contribution is 0.396. The summed E-state index contributed by atoms with van der Waals surface area (Å²) in [6.07, 6.45) is 4.40. The largest absolute Gasteiger partial charge is 0.481 e. The molecule has 1 heterocycles. The van der Waals surface area contributed by atoms with E-state index in [4.69, 9.17) is 4.74 Å². The third kappa shape index (κ3) is 1.17. The van der Waals surface area contributed by atoms with E-state index in [1.54, 1.807) is 7.11 Å². The van der Waals surface area contributed by atoms with Crippen LogP contribution in [0.2, 0.25) is 0 Å². The molecule has 0 radical (unpaired) electrons. The predicted octanol–water partition coefficient (Wildman–Crippen LogP) is 2.14. The second-order valence-corrected chi connectivity index (χ2v) is 3.65. The lowest BCUT2D eigenvalue weighted by Gasteiger charge is -2.08. The third-order valence-electron chi connectivity index (χ3n) is 2.64. The summed E-state index contributed by atoms with van der Waals surface area (Å²) in [4.78, 5) is 4.08. The standard InChI is InChI=1S/C10H13NO/c1-10(4-5-10)8-3-6-11-9(7-8)12-2/h3,6-7H,4-5H2,1-2H3. The molecule has 2 nitrogen and oxygen atoms in total. The van der Waals surface area contributed by atoms with Crippen LogP contribution in [0, 0.1) is 0 Å². The molecule has 2 rings (SSSR count). The van der Waals surface area contributed by atoms with Crippen LogP contribution in [0.25, 0.3) is 0 Å². The topological polar surface area (TPSA) is 22.1 Å². The molecule has 0 aliphatic heterocycles. The van der Waals surface area contributed by atoms with Crippen LogP contribution in [0.1, 0.15) is 25.3 Å².